The predicted molar refractivity (Wildman–Crippen MR) is 63.0 cm³/mol. The summed E-state index contributed by atoms with van der Waals surface area (Å²) in [6.45, 7) is 9.34. The molecule has 0 bridgehead atoms. The fourth-order valence-corrected chi connectivity index (χ4v) is 2.60. The molecule has 1 aliphatic heterocycles. The van der Waals surface area contributed by atoms with Gasteiger partial charge in [-0.1, -0.05) is 13.8 Å². The predicted octanol–water partition coefficient (Wildman–Crippen LogP) is 2.53. The van der Waals surface area contributed by atoms with Crippen LogP contribution in [0.2, 0.25) is 0 Å². The van der Waals surface area contributed by atoms with Crippen molar-refractivity contribution in [3.8, 4) is 0 Å². The van der Waals surface area contributed by atoms with Gasteiger partial charge in [0.15, 0.2) is 0 Å². The number of ether oxygens (including phenoxy) is 1. The quantitative estimate of drug-likeness (QED) is 0.708. The van der Waals surface area contributed by atoms with Crippen molar-refractivity contribution in [3.63, 3.8) is 0 Å². The zero-order valence-corrected chi connectivity index (χ0v) is 10.2. The van der Waals surface area contributed by atoms with E-state index in [-0.39, 0.29) is 0 Å². The maximum atomic E-state index is 5.84. The van der Waals surface area contributed by atoms with Gasteiger partial charge in [0.25, 0.3) is 0 Å². The molecule has 1 aliphatic carbocycles. The molecule has 1 heterocycles. The third-order valence-electron chi connectivity index (χ3n) is 3.97. The van der Waals surface area contributed by atoms with E-state index in [1.807, 2.05) is 0 Å². The average molecular weight is 211 g/mol. The molecule has 2 rings (SSSR count). The molecule has 1 saturated heterocycles. The van der Waals surface area contributed by atoms with Crippen LogP contribution in [0.4, 0.5) is 0 Å². The van der Waals surface area contributed by atoms with Gasteiger partial charge in [-0.15, -0.1) is 0 Å². The summed E-state index contributed by atoms with van der Waals surface area (Å²) in [6, 6.07) is 0. The van der Waals surface area contributed by atoms with Crippen molar-refractivity contribution < 1.29 is 4.74 Å². The normalized spacial score (nSPS) is 34.0. The van der Waals surface area contributed by atoms with Gasteiger partial charge in [0.05, 0.1) is 12.7 Å². The molecule has 2 aliphatic rings. The molecule has 0 unspecified atom stereocenters. The first-order chi connectivity index (χ1) is 7.24. The Kier molecular flexibility index (Phi) is 4.04. The van der Waals surface area contributed by atoms with Crippen molar-refractivity contribution in [2.24, 2.45) is 11.8 Å². The molecule has 0 N–H and O–H groups in total. The van der Waals surface area contributed by atoms with Crippen molar-refractivity contribution in [3.05, 3.63) is 0 Å². The molecule has 0 aromatic heterocycles. The second-order valence-electron chi connectivity index (χ2n) is 5.59. The molecule has 0 aromatic rings. The lowest BCUT2D eigenvalue weighted by atomic mass is 9.84. The van der Waals surface area contributed by atoms with Crippen molar-refractivity contribution in [2.45, 2.75) is 45.6 Å². The van der Waals surface area contributed by atoms with Crippen molar-refractivity contribution in [2.75, 3.05) is 26.2 Å². The van der Waals surface area contributed by atoms with Gasteiger partial charge in [0.2, 0.25) is 0 Å². The van der Waals surface area contributed by atoms with Crippen molar-refractivity contribution in [1.82, 2.24) is 4.90 Å². The number of likely N-dealkylation sites (tertiary alicyclic amines) is 1. The summed E-state index contributed by atoms with van der Waals surface area (Å²) in [5.74, 6) is 1.85. The molecular weight excluding hydrogens is 186 g/mol. The Bertz CT molecular complexity index is 181. The first-order valence-electron chi connectivity index (χ1n) is 6.58. The lowest BCUT2D eigenvalue weighted by molar-refractivity contribution is -0.0344. The lowest BCUT2D eigenvalue weighted by Gasteiger charge is -2.34. The van der Waals surface area contributed by atoms with Gasteiger partial charge in [-0.25, -0.2) is 0 Å². The van der Waals surface area contributed by atoms with E-state index in [4.69, 9.17) is 4.74 Å². The van der Waals surface area contributed by atoms with E-state index in [0.29, 0.717) is 6.10 Å². The van der Waals surface area contributed by atoms with E-state index >= 15 is 0 Å². The Morgan fingerprint density at radius 3 is 2.33 bits per heavy atom. The largest absolute Gasteiger partial charge is 0.377 e. The van der Waals surface area contributed by atoms with Crippen molar-refractivity contribution in [1.29, 1.82) is 0 Å². The minimum atomic E-state index is 0.587. The fraction of sp³-hybridized carbons (Fsp3) is 1.00. The number of hydrogen-bond donors (Lipinski definition) is 0. The third-order valence-corrected chi connectivity index (χ3v) is 3.97. The Hall–Kier alpha value is -0.0800. The minimum absolute atomic E-state index is 0.587. The van der Waals surface area contributed by atoms with Crippen LogP contribution in [0.1, 0.15) is 39.5 Å². The van der Waals surface area contributed by atoms with Crippen LogP contribution in [-0.2, 0) is 4.74 Å². The standard InChI is InChI=1S/C13H25NO/c1-11-3-5-14(6-4-11)7-8-15-13-9-12(2)10-13/h11-13H,3-10H2,1-2H3. The molecule has 0 radical (unpaired) electrons. The first kappa shape index (κ1) is 11.4. The van der Waals surface area contributed by atoms with E-state index in [9.17, 15) is 0 Å². The molecule has 0 spiro atoms. The van der Waals surface area contributed by atoms with Crippen LogP contribution in [0.25, 0.3) is 0 Å². The van der Waals surface area contributed by atoms with Crippen LogP contribution >= 0.6 is 0 Å². The highest BCUT2D eigenvalue weighted by Crippen LogP contribution is 2.29. The molecule has 88 valence electrons. The van der Waals surface area contributed by atoms with Gasteiger partial charge in [0, 0.05) is 6.54 Å². The number of nitrogens with zero attached hydrogens (tertiary/aromatic N) is 1. The lowest BCUT2D eigenvalue weighted by Crippen LogP contribution is -2.37. The fourth-order valence-electron chi connectivity index (χ4n) is 2.60. The van der Waals surface area contributed by atoms with Crippen LogP contribution in [0.3, 0.4) is 0 Å². The van der Waals surface area contributed by atoms with Crippen LogP contribution in [0.5, 0.6) is 0 Å². The highest BCUT2D eigenvalue weighted by molar-refractivity contribution is 4.77. The van der Waals surface area contributed by atoms with Gasteiger partial charge in [-0.2, -0.15) is 0 Å². The number of piperidine rings is 1. The number of hydrogen-bond acceptors (Lipinski definition) is 2. The van der Waals surface area contributed by atoms with E-state index < -0.39 is 0 Å². The van der Waals surface area contributed by atoms with Crippen molar-refractivity contribution >= 4 is 0 Å². The van der Waals surface area contributed by atoms with Crippen LogP contribution < -0.4 is 0 Å². The second-order valence-corrected chi connectivity index (χ2v) is 5.59. The monoisotopic (exact) mass is 211 g/mol. The summed E-state index contributed by atoms with van der Waals surface area (Å²) in [4.78, 5) is 2.56. The van der Waals surface area contributed by atoms with Gasteiger partial charge < -0.3 is 9.64 Å². The molecule has 0 atom stereocenters. The summed E-state index contributed by atoms with van der Waals surface area (Å²) < 4.78 is 5.84. The zero-order valence-electron chi connectivity index (χ0n) is 10.2. The Balaban J connectivity index is 1.51. The summed E-state index contributed by atoms with van der Waals surface area (Å²) in [6.07, 6.45) is 5.92. The van der Waals surface area contributed by atoms with Crippen LogP contribution in [0.15, 0.2) is 0 Å². The topological polar surface area (TPSA) is 12.5 Å². The minimum Gasteiger partial charge on any atom is -0.377 e. The summed E-state index contributed by atoms with van der Waals surface area (Å²) in [5, 5.41) is 0. The molecule has 0 amide bonds. The highest BCUT2D eigenvalue weighted by Gasteiger charge is 2.26. The van der Waals surface area contributed by atoms with E-state index in [0.717, 1.165) is 25.0 Å². The first-order valence-corrected chi connectivity index (χ1v) is 6.58. The van der Waals surface area contributed by atoms with Crippen LogP contribution in [-0.4, -0.2) is 37.2 Å². The highest BCUT2D eigenvalue weighted by atomic mass is 16.5. The maximum absolute atomic E-state index is 5.84. The third kappa shape index (κ3) is 3.46. The molecule has 0 aromatic carbocycles. The van der Waals surface area contributed by atoms with Gasteiger partial charge in [0.1, 0.15) is 0 Å². The van der Waals surface area contributed by atoms with E-state index in [1.54, 1.807) is 0 Å². The summed E-state index contributed by atoms with van der Waals surface area (Å²) >= 11 is 0. The van der Waals surface area contributed by atoms with E-state index in [2.05, 4.69) is 18.7 Å². The SMILES string of the molecule is CC1CCN(CCOC2CC(C)C2)CC1. The Morgan fingerprint density at radius 1 is 1.07 bits per heavy atom. The van der Waals surface area contributed by atoms with E-state index in [1.165, 1.54) is 38.8 Å². The summed E-state index contributed by atoms with van der Waals surface area (Å²) in [5.41, 5.74) is 0. The molecule has 2 heteroatoms. The van der Waals surface area contributed by atoms with Gasteiger partial charge in [-0.05, 0) is 50.6 Å². The zero-order chi connectivity index (χ0) is 10.7. The molecule has 15 heavy (non-hydrogen) atoms. The van der Waals surface area contributed by atoms with Gasteiger partial charge >= 0.3 is 0 Å². The number of rotatable bonds is 4. The summed E-state index contributed by atoms with van der Waals surface area (Å²) in [7, 11) is 0. The average Bonchev–Trinajstić information content (AvgIpc) is 2.18. The van der Waals surface area contributed by atoms with Crippen LogP contribution in [0, 0.1) is 11.8 Å². The Labute approximate surface area is 94.0 Å². The van der Waals surface area contributed by atoms with Gasteiger partial charge in [-0.3, -0.25) is 0 Å². The Morgan fingerprint density at radius 2 is 1.73 bits per heavy atom. The molecular formula is C13H25NO. The second kappa shape index (κ2) is 5.31. The molecule has 2 fully saturated rings. The maximum Gasteiger partial charge on any atom is 0.0597 e. The smallest absolute Gasteiger partial charge is 0.0597 e. The molecule has 2 nitrogen and oxygen atoms in total. The molecule has 1 saturated carbocycles.